The summed E-state index contributed by atoms with van der Waals surface area (Å²) in [6.07, 6.45) is 5.24. The third-order valence-corrected chi connectivity index (χ3v) is 5.10. The molecule has 0 bridgehead atoms. The molecule has 1 saturated carbocycles. The van der Waals surface area contributed by atoms with Crippen LogP contribution in [0.2, 0.25) is 0 Å². The Morgan fingerprint density at radius 1 is 1.20 bits per heavy atom. The number of nitrogens with one attached hydrogen (secondary N) is 1. The zero-order valence-corrected chi connectivity index (χ0v) is 12.6. The second-order valence-corrected chi connectivity index (χ2v) is 6.86. The maximum absolute atomic E-state index is 12.1. The molecule has 1 aromatic rings. The first-order valence-corrected chi connectivity index (χ1v) is 8.44. The highest BCUT2D eigenvalue weighted by Crippen LogP contribution is 2.22. The molecule has 0 unspecified atom stereocenters. The number of hydrogen-bond donors (Lipinski definition) is 1. The van der Waals surface area contributed by atoms with Crippen LogP contribution in [0.4, 0.5) is 0 Å². The molecule has 1 aromatic carbocycles. The van der Waals surface area contributed by atoms with Crippen LogP contribution < -0.4 is 4.89 Å². The molecule has 20 heavy (non-hydrogen) atoms. The Bertz CT molecular complexity index is 498. The number of benzene rings is 1. The molecule has 0 saturated heterocycles. The summed E-state index contributed by atoms with van der Waals surface area (Å²) in [5.41, 5.74) is 0.926. The molecule has 1 N–H and O–H groups in total. The summed E-state index contributed by atoms with van der Waals surface area (Å²) < 4.78 is 25.6. The second kappa shape index (κ2) is 7.17. The Morgan fingerprint density at radius 3 is 2.50 bits per heavy atom. The standard InChI is InChI=1S/C14H22N2O3S/c1-16(14-10-6-3-7-11-14)20(17,18)15-19-12-13-8-4-2-5-9-13/h2,4-5,8-9,14-15H,3,6-7,10-12H2,1H3. The highest BCUT2D eigenvalue weighted by Gasteiger charge is 2.27. The Balaban J connectivity index is 1.83. The SMILES string of the molecule is CN(C1CCCCC1)S(=O)(=O)NOCc1ccccc1. The van der Waals surface area contributed by atoms with Gasteiger partial charge < -0.3 is 0 Å². The zero-order chi connectivity index (χ0) is 14.4. The normalized spacial score (nSPS) is 17.5. The van der Waals surface area contributed by atoms with Crippen molar-refractivity contribution in [1.82, 2.24) is 9.19 Å². The van der Waals surface area contributed by atoms with Gasteiger partial charge in [0, 0.05) is 13.1 Å². The van der Waals surface area contributed by atoms with Gasteiger partial charge in [-0.15, -0.1) is 0 Å². The number of rotatable bonds is 6. The summed E-state index contributed by atoms with van der Waals surface area (Å²) in [5, 5.41) is 0. The molecule has 1 aliphatic carbocycles. The topological polar surface area (TPSA) is 58.6 Å². The molecule has 1 aliphatic rings. The summed E-state index contributed by atoms with van der Waals surface area (Å²) in [6.45, 7) is 0.221. The van der Waals surface area contributed by atoms with Gasteiger partial charge in [-0.05, 0) is 18.4 Å². The molecular weight excluding hydrogens is 276 g/mol. The predicted molar refractivity (Wildman–Crippen MR) is 77.9 cm³/mol. The molecule has 5 nitrogen and oxygen atoms in total. The van der Waals surface area contributed by atoms with E-state index in [2.05, 4.69) is 4.89 Å². The molecular formula is C14H22N2O3S. The van der Waals surface area contributed by atoms with Crippen LogP contribution in [-0.2, 0) is 21.7 Å². The fourth-order valence-electron chi connectivity index (χ4n) is 2.46. The van der Waals surface area contributed by atoms with E-state index in [0.29, 0.717) is 0 Å². The van der Waals surface area contributed by atoms with Gasteiger partial charge in [0.05, 0.1) is 6.61 Å². The van der Waals surface area contributed by atoms with Crippen LogP contribution in [0, 0.1) is 0 Å². The first-order valence-electron chi connectivity index (χ1n) is 7.00. The Kier molecular flexibility index (Phi) is 5.54. The maximum Gasteiger partial charge on any atom is 0.301 e. The molecule has 6 heteroatoms. The molecule has 0 spiro atoms. The summed E-state index contributed by atoms with van der Waals surface area (Å²) in [6, 6.07) is 9.55. The fourth-order valence-corrected chi connectivity index (χ4v) is 3.39. The van der Waals surface area contributed by atoms with Gasteiger partial charge in [-0.2, -0.15) is 12.7 Å². The van der Waals surface area contributed by atoms with Crippen LogP contribution in [-0.4, -0.2) is 25.8 Å². The second-order valence-electron chi connectivity index (χ2n) is 5.17. The van der Waals surface area contributed by atoms with Gasteiger partial charge in [-0.3, -0.25) is 4.84 Å². The number of nitrogens with zero attached hydrogens (tertiary/aromatic N) is 1. The molecule has 0 radical (unpaired) electrons. The van der Waals surface area contributed by atoms with Crippen LogP contribution in [0.15, 0.2) is 30.3 Å². The average molecular weight is 298 g/mol. The van der Waals surface area contributed by atoms with Gasteiger partial charge >= 0.3 is 10.2 Å². The smallest absolute Gasteiger partial charge is 0.281 e. The van der Waals surface area contributed by atoms with Gasteiger partial charge in [0.2, 0.25) is 0 Å². The fraction of sp³-hybridized carbons (Fsp3) is 0.571. The van der Waals surface area contributed by atoms with Gasteiger partial charge in [-0.1, -0.05) is 54.5 Å². The third-order valence-electron chi connectivity index (χ3n) is 3.71. The third kappa shape index (κ3) is 4.28. The summed E-state index contributed by atoms with van der Waals surface area (Å²) >= 11 is 0. The summed E-state index contributed by atoms with van der Waals surface area (Å²) in [5.74, 6) is 0. The lowest BCUT2D eigenvalue weighted by atomic mass is 9.96. The monoisotopic (exact) mass is 298 g/mol. The van der Waals surface area contributed by atoms with Crippen LogP contribution in [0.25, 0.3) is 0 Å². The van der Waals surface area contributed by atoms with Gasteiger partial charge in [0.15, 0.2) is 0 Å². The van der Waals surface area contributed by atoms with Crippen LogP contribution >= 0.6 is 0 Å². The highest BCUT2D eigenvalue weighted by atomic mass is 32.2. The quantitative estimate of drug-likeness (QED) is 0.819. The molecule has 112 valence electrons. The summed E-state index contributed by atoms with van der Waals surface area (Å²) in [7, 11) is -1.95. The van der Waals surface area contributed by atoms with E-state index in [1.165, 1.54) is 10.7 Å². The van der Waals surface area contributed by atoms with Crippen molar-refractivity contribution in [2.45, 2.75) is 44.8 Å². The summed E-state index contributed by atoms with van der Waals surface area (Å²) in [4.78, 5) is 7.32. The largest absolute Gasteiger partial charge is 0.301 e. The minimum Gasteiger partial charge on any atom is -0.281 e. The van der Waals surface area contributed by atoms with Crippen molar-refractivity contribution < 1.29 is 13.3 Å². The Labute approximate surface area is 121 Å². The van der Waals surface area contributed by atoms with Gasteiger partial charge in [0.25, 0.3) is 0 Å². The maximum atomic E-state index is 12.1. The van der Waals surface area contributed by atoms with E-state index in [1.807, 2.05) is 30.3 Å². The predicted octanol–water partition coefficient (Wildman–Crippen LogP) is 2.22. The van der Waals surface area contributed by atoms with E-state index < -0.39 is 10.2 Å². The van der Waals surface area contributed by atoms with Gasteiger partial charge in [0.1, 0.15) is 0 Å². The minimum atomic E-state index is -3.57. The lowest BCUT2D eigenvalue weighted by molar-refractivity contribution is 0.0733. The van der Waals surface area contributed by atoms with E-state index in [9.17, 15) is 8.42 Å². The molecule has 1 fully saturated rings. The van der Waals surface area contributed by atoms with Crippen molar-refractivity contribution >= 4 is 10.2 Å². The van der Waals surface area contributed by atoms with Crippen molar-refractivity contribution in [3.8, 4) is 0 Å². The van der Waals surface area contributed by atoms with Crippen molar-refractivity contribution in [2.75, 3.05) is 7.05 Å². The number of hydrogen-bond acceptors (Lipinski definition) is 3. The first-order chi connectivity index (χ1) is 9.59. The van der Waals surface area contributed by atoms with E-state index >= 15 is 0 Å². The van der Waals surface area contributed by atoms with E-state index in [1.54, 1.807) is 7.05 Å². The van der Waals surface area contributed by atoms with E-state index in [-0.39, 0.29) is 12.6 Å². The van der Waals surface area contributed by atoms with E-state index in [0.717, 1.165) is 31.2 Å². The Hall–Kier alpha value is -0.950. The van der Waals surface area contributed by atoms with Crippen molar-refractivity contribution in [1.29, 1.82) is 0 Å². The first kappa shape index (κ1) is 15.4. The van der Waals surface area contributed by atoms with Gasteiger partial charge in [-0.25, -0.2) is 0 Å². The van der Waals surface area contributed by atoms with E-state index in [4.69, 9.17) is 4.84 Å². The van der Waals surface area contributed by atoms with Crippen molar-refractivity contribution in [2.24, 2.45) is 0 Å². The molecule has 0 aliphatic heterocycles. The molecule has 2 rings (SSSR count). The molecule has 0 heterocycles. The van der Waals surface area contributed by atoms with Crippen LogP contribution in [0.3, 0.4) is 0 Å². The average Bonchev–Trinajstić information content (AvgIpc) is 2.48. The Morgan fingerprint density at radius 2 is 1.85 bits per heavy atom. The molecule has 0 amide bonds. The van der Waals surface area contributed by atoms with Crippen LogP contribution in [0.1, 0.15) is 37.7 Å². The lowest BCUT2D eigenvalue weighted by Crippen LogP contribution is -2.44. The molecule has 0 atom stereocenters. The zero-order valence-electron chi connectivity index (χ0n) is 11.8. The van der Waals surface area contributed by atoms with Crippen molar-refractivity contribution in [3.63, 3.8) is 0 Å². The molecule has 0 aromatic heterocycles. The highest BCUT2D eigenvalue weighted by molar-refractivity contribution is 7.87. The lowest BCUT2D eigenvalue weighted by Gasteiger charge is -2.30. The minimum absolute atomic E-state index is 0.0848. The van der Waals surface area contributed by atoms with Crippen LogP contribution in [0.5, 0.6) is 0 Å². The van der Waals surface area contributed by atoms with Crippen molar-refractivity contribution in [3.05, 3.63) is 35.9 Å².